The zero-order valence-electron chi connectivity index (χ0n) is 9.38. The minimum absolute atomic E-state index is 0.673. The molecule has 0 aromatic heterocycles. The number of allylic oxidation sites excluding steroid dienone is 4. The SMILES string of the molecule is CC1C=C(C(C)C)C=CCC(C)C1. The lowest BCUT2D eigenvalue weighted by atomic mass is 9.88. The molecule has 0 aromatic rings. The Bertz CT molecular complexity index is 208. The van der Waals surface area contributed by atoms with Crippen molar-refractivity contribution < 1.29 is 0 Å². The fraction of sp³-hybridized carbons (Fsp3) is 0.692. The van der Waals surface area contributed by atoms with Gasteiger partial charge in [-0.2, -0.15) is 0 Å². The molecule has 0 nitrogen and oxygen atoms in total. The van der Waals surface area contributed by atoms with Gasteiger partial charge in [0.15, 0.2) is 0 Å². The van der Waals surface area contributed by atoms with E-state index in [0.29, 0.717) is 5.92 Å². The van der Waals surface area contributed by atoms with Crippen LogP contribution in [0.1, 0.15) is 40.5 Å². The van der Waals surface area contributed by atoms with Crippen LogP contribution in [0.5, 0.6) is 0 Å². The lowest BCUT2D eigenvalue weighted by molar-refractivity contribution is 0.465. The fourth-order valence-corrected chi connectivity index (χ4v) is 2.00. The molecule has 13 heavy (non-hydrogen) atoms. The first kappa shape index (κ1) is 10.6. The van der Waals surface area contributed by atoms with Crippen molar-refractivity contribution in [3.8, 4) is 0 Å². The lowest BCUT2D eigenvalue weighted by Gasteiger charge is -2.18. The molecule has 0 heterocycles. The van der Waals surface area contributed by atoms with E-state index in [9.17, 15) is 0 Å². The Morgan fingerprint density at radius 3 is 2.62 bits per heavy atom. The van der Waals surface area contributed by atoms with Gasteiger partial charge in [-0.1, -0.05) is 45.9 Å². The average Bonchev–Trinajstić information content (AvgIpc) is 1.98. The molecule has 0 N–H and O–H groups in total. The van der Waals surface area contributed by atoms with Gasteiger partial charge in [0.25, 0.3) is 0 Å². The molecular weight excluding hydrogens is 156 g/mol. The van der Waals surface area contributed by atoms with Crippen LogP contribution < -0.4 is 0 Å². The molecule has 74 valence electrons. The van der Waals surface area contributed by atoms with Gasteiger partial charge in [0.05, 0.1) is 0 Å². The van der Waals surface area contributed by atoms with E-state index in [1.165, 1.54) is 18.4 Å². The van der Waals surface area contributed by atoms with Gasteiger partial charge in [0.1, 0.15) is 0 Å². The summed E-state index contributed by atoms with van der Waals surface area (Å²) < 4.78 is 0. The van der Waals surface area contributed by atoms with Gasteiger partial charge in [0, 0.05) is 0 Å². The van der Waals surface area contributed by atoms with Gasteiger partial charge in [-0.25, -0.2) is 0 Å². The third-order valence-corrected chi connectivity index (χ3v) is 2.77. The summed E-state index contributed by atoms with van der Waals surface area (Å²) >= 11 is 0. The molecular formula is C13H22. The van der Waals surface area contributed by atoms with Crippen LogP contribution in [-0.2, 0) is 0 Å². The van der Waals surface area contributed by atoms with Crippen LogP contribution in [-0.4, -0.2) is 0 Å². The van der Waals surface area contributed by atoms with E-state index < -0.39 is 0 Å². The normalized spacial score (nSPS) is 29.8. The Labute approximate surface area is 82.7 Å². The first-order chi connectivity index (χ1) is 6.09. The molecule has 0 spiro atoms. The second-order valence-electron chi connectivity index (χ2n) is 4.78. The average molecular weight is 178 g/mol. The Hall–Kier alpha value is -0.520. The Kier molecular flexibility index (Phi) is 3.77. The third-order valence-electron chi connectivity index (χ3n) is 2.77. The van der Waals surface area contributed by atoms with E-state index in [1.54, 1.807) is 0 Å². The molecule has 1 aliphatic carbocycles. The van der Waals surface area contributed by atoms with Crippen LogP contribution in [0.3, 0.4) is 0 Å². The van der Waals surface area contributed by atoms with Gasteiger partial charge in [0.2, 0.25) is 0 Å². The summed E-state index contributed by atoms with van der Waals surface area (Å²) in [6.07, 6.45) is 9.67. The highest BCUT2D eigenvalue weighted by atomic mass is 14.2. The third kappa shape index (κ3) is 3.38. The Morgan fingerprint density at radius 2 is 2.00 bits per heavy atom. The van der Waals surface area contributed by atoms with Crippen molar-refractivity contribution in [2.75, 3.05) is 0 Å². The van der Waals surface area contributed by atoms with E-state index in [1.807, 2.05) is 0 Å². The van der Waals surface area contributed by atoms with Gasteiger partial charge < -0.3 is 0 Å². The minimum atomic E-state index is 0.673. The van der Waals surface area contributed by atoms with E-state index in [4.69, 9.17) is 0 Å². The zero-order valence-corrected chi connectivity index (χ0v) is 9.38. The van der Waals surface area contributed by atoms with Crippen LogP contribution in [0.15, 0.2) is 23.8 Å². The fourth-order valence-electron chi connectivity index (χ4n) is 2.00. The molecule has 0 saturated heterocycles. The highest BCUT2D eigenvalue weighted by Gasteiger charge is 2.10. The molecule has 0 amide bonds. The Balaban J connectivity index is 2.74. The summed E-state index contributed by atoms with van der Waals surface area (Å²) in [4.78, 5) is 0. The molecule has 1 aliphatic rings. The van der Waals surface area contributed by atoms with E-state index in [-0.39, 0.29) is 0 Å². The maximum absolute atomic E-state index is 2.44. The quantitative estimate of drug-likeness (QED) is 0.564. The topological polar surface area (TPSA) is 0 Å². The lowest BCUT2D eigenvalue weighted by Crippen LogP contribution is -2.05. The molecule has 2 atom stereocenters. The largest absolute Gasteiger partial charge is 0.0840 e. The van der Waals surface area contributed by atoms with Gasteiger partial charge in [-0.3, -0.25) is 0 Å². The first-order valence-corrected chi connectivity index (χ1v) is 5.48. The molecule has 0 radical (unpaired) electrons. The maximum atomic E-state index is 2.44. The van der Waals surface area contributed by atoms with Crippen molar-refractivity contribution in [2.45, 2.75) is 40.5 Å². The Morgan fingerprint density at radius 1 is 1.31 bits per heavy atom. The van der Waals surface area contributed by atoms with Crippen molar-refractivity contribution in [3.05, 3.63) is 23.8 Å². The standard InChI is InChI=1S/C13H22/c1-10(2)13-7-5-6-11(3)8-12(4)9-13/h5,7,9-12H,6,8H2,1-4H3. The van der Waals surface area contributed by atoms with E-state index >= 15 is 0 Å². The summed E-state index contributed by atoms with van der Waals surface area (Å²) in [5.41, 5.74) is 1.51. The first-order valence-electron chi connectivity index (χ1n) is 5.48. The summed E-state index contributed by atoms with van der Waals surface area (Å²) in [7, 11) is 0. The summed E-state index contributed by atoms with van der Waals surface area (Å²) in [6, 6.07) is 0. The molecule has 1 rings (SSSR count). The predicted molar refractivity (Wildman–Crippen MR) is 59.6 cm³/mol. The summed E-state index contributed by atoms with van der Waals surface area (Å²) in [5, 5.41) is 0. The second-order valence-corrected chi connectivity index (χ2v) is 4.78. The van der Waals surface area contributed by atoms with E-state index in [0.717, 1.165) is 11.8 Å². The van der Waals surface area contributed by atoms with Crippen molar-refractivity contribution in [3.63, 3.8) is 0 Å². The van der Waals surface area contributed by atoms with Crippen LogP contribution in [0, 0.1) is 17.8 Å². The number of hydrogen-bond acceptors (Lipinski definition) is 0. The smallest absolute Gasteiger partial charge is 0.0222 e. The van der Waals surface area contributed by atoms with Crippen molar-refractivity contribution in [2.24, 2.45) is 17.8 Å². The maximum Gasteiger partial charge on any atom is -0.0222 e. The molecule has 0 aliphatic heterocycles. The van der Waals surface area contributed by atoms with Crippen molar-refractivity contribution in [1.29, 1.82) is 0 Å². The molecule has 0 aromatic carbocycles. The minimum Gasteiger partial charge on any atom is -0.0840 e. The highest BCUT2D eigenvalue weighted by Crippen LogP contribution is 2.24. The van der Waals surface area contributed by atoms with Crippen molar-refractivity contribution >= 4 is 0 Å². The second kappa shape index (κ2) is 4.64. The zero-order chi connectivity index (χ0) is 9.84. The molecule has 0 fully saturated rings. The van der Waals surface area contributed by atoms with Crippen LogP contribution in [0.4, 0.5) is 0 Å². The number of rotatable bonds is 1. The highest BCUT2D eigenvalue weighted by molar-refractivity contribution is 5.22. The van der Waals surface area contributed by atoms with Crippen LogP contribution in [0.2, 0.25) is 0 Å². The summed E-state index contributed by atoms with van der Waals surface area (Å²) in [5.74, 6) is 2.26. The van der Waals surface area contributed by atoms with E-state index in [2.05, 4.69) is 45.9 Å². The molecule has 0 heteroatoms. The van der Waals surface area contributed by atoms with Gasteiger partial charge >= 0.3 is 0 Å². The van der Waals surface area contributed by atoms with Gasteiger partial charge in [-0.05, 0) is 36.2 Å². The summed E-state index contributed by atoms with van der Waals surface area (Å²) in [6.45, 7) is 9.22. The monoisotopic (exact) mass is 178 g/mol. The molecule has 0 bridgehead atoms. The predicted octanol–water partition coefficient (Wildman–Crippen LogP) is 4.19. The molecule has 2 unspecified atom stereocenters. The number of hydrogen-bond donors (Lipinski definition) is 0. The van der Waals surface area contributed by atoms with Crippen LogP contribution >= 0.6 is 0 Å². The van der Waals surface area contributed by atoms with Crippen LogP contribution in [0.25, 0.3) is 0 Å². The van der Waals surface area contributed by atoms with Gasteiger partial charge in [-0.15, -0.1) is 0 Å². The molecule has 0 saturated carbocycles. The van der Waals surface area contributed by atoms with Crippen molar-refractivity contribution in [1.82, 2.24) is 0 Å².